The third-order valence-electron chi connectivity index (χ3n) is 1.82. The second-order valence-corrected chi connectivity index (χ2v) is 3.65. The Bertz CT molecular complexity index is 508. The highest BCUT2D eigenvalue weighted by Gasteiger charge is 2.01. The lowest BCUT2D eigenvalue weighted by Gasteiger charge is -2.00. The molecular formula is C11H8Cl2O3. The summed E-state index contributed by atoms with van der Waals surface area (Å²) in [7, 11) is 0. The average Bonchev–Trinajstić information content (AvgIpc) is 2.23. The fourth-order valence-electron chi connectivity index (χ4n) is 1.21. The summed E-state index contributed by atoms with van der Waals surface area (Å²) >= 11 is 11.8. The van der Waals surface area contributed by atoms with Gasteiger partial charge in [0.05, 0.1) is 10.0 Å². The highest BCUT2D eigenvalue weighted by molar-refractivity contribution is 6.45. The minimum absolute atomic E-state index is 0.607. The Kier molecular flexibility index (Phi) is 4.40. The van der Waals surface area contributed by atoms with Crippen molar-refractivity contribution in [1.82, 2.24) is 0 Å². The van der Waals surface area contributed by atoms with Gasteiger partial charge in [-0.05, 0) is 11.5 Å². The lowest BCUT2D eigenvalue weighted by Crippen LogP contribution is -1.81. The van der Waals surface area contributed by atoms with E-state index < -0.39 is 6.16 Å². The molecule has 0 radical (unpaired) electrons. The molecule has 5 heteroatoms. The van der Waals surface area contributed by atoms with E-state index in [9.17, 15) is 0 Å². The summed E-state index contributed by atoms with van der Waals surface area (Å²) < 4.78 is 0. The molecule has 0 fully saturated rings. The largest absolute Gasteiger partial charge is 0.503 e. The van der Waals surface area contributed by atoms with E-state index in [0.29, 0.717) is 10.0 Å². The summed E-state index contributed by atoms with van der Waals surface area (Å²) in [6.07, 6.45) is -1.83. The fraction of sp³-hybridized carbons (Fsp3) is 0. The Balaban J connectivity index is 0.000000280. The first kappa shape index (κ1) is 12.6. The molecule has 0 saturated heterocycles. The Hall–Kier alpha value is -1.45. The van der Waals surface area contributed by atoms with Gasteiger partial charge in [0, 0.05) is 5.39 Å². The van der Waals surface area contributed by atoms with Crippen LogP contribution in [0.2, 0.25) is 10.0 Å². The molecule has 0 unspecified atom stereocenters. The number of carboxylic acid groups (broad SMARTS) is 2. The number of rotatable bonds is 0. The van der Waals surface area contributed by atoms with Crippen LogP contribution in [0.25, 0.3) is 10.8 Å². The van der Waals surface area contributed by atoms with E-state index in [0.717, 1.165) is 10.8 Å². The summed E-state index contributed by atoms with van der Waals surface area (Å²) in [5.41, 5.74) is 0. The lowest BCUT2D eigenvalue weighted by molar-refractivity contribution is 0.137. The van der Waals surface area contributed by atoms with Crippen LogP contribution in [0, 0.1) is 0 Å². The topological polar surface area (TPSA) is 57.5 Å². The van der Waals surface area contributed by atoms with Crippen LogP contribution in [0.15, 0.2) is 36.4 Å². The third kappa shape index (κ3) is 3.29. The van der Waals surface area contributed by atoms with Crippen LogP contribution in [0.3, 0.4) is 0 Å². The molecule has 0 bridgehead atoms. The van der Waals surface area contributed by atoms with Gasteiger partial charge in [0.25, 0.3) is 0 Å². The van der Waals surface area contributed by atoms with Crippen molar-refractivity contribution in [2.45, 2.75) is 0 Å². The number of fused-ring (bicyclic) bond motifs is 1. The van der Waals surface area contributed by atoms with Gasteiger partial charge in [0.1, 0.15) is 0 Å². The van der Waals surface area contributed by atoms with Crippen LogP contribution in [0.5, 0.6) is 0 Å². The van der Waals surface area contributed by atoms with Crippen LogP contribution in [0.1, 0.15) is 0 Å². The second-order valence-electron chi connectivity index (χ2n) is 2.87. The first-order chi connectivity index (χ1) is 7.52. The van der Waals surface area contributed by atoms with Crippen molar-refractivity contribution in [2.75, 3.05) is 0 Å². The van der Waals surface area contributed by atoms with Crippen molar-refractivity contribution in [1.29, 1.82) is 0 Å². The number of hydrogen-bond donors (Lipinski definition) is 2. The summed E-state index contributed by atoms with van der Waals surface area (Å²) in [4.78, 5) is 8.56. The van der Waals surface area contributed by atoms with Crippen molar-refractivity contribution in [3.05, 3.63) is 46.4 Å². The molecular weight excluding hydrogens is 251 g/mol. The monoisotopic (exact) mass is 258 g/mol. The maximum Gasteiger partial charge on any atom is 0.503 e. The van der Waals surface area contributed by atoms with E-state index in [1.54, 1.807) is 0 Å². The van der Waals surface area contributed by atoms with Crippen molar-refractivity contribution in [3.63, 3.8) is 0 Å². The predicted octanol–water partition coefficient (Wildman–Crippen LogP) is 4.37. The van der Waals surface area contributed by atoms with Crippen molar-refractivity contribution in [3.8, 4) is 0 Å². The zero-order valence-corrected chi connectivity index (χ0v) is 9.53. The third-order valence-corrected chi connectivity index (χ3v) is 2.64. The molecule has 0 aliphatic heterocycles. The van der Waals surface area contributed by atoms with E-state index >= 15 is 0 Å². The molecule has 0 saturated carbocycles. The Labute approximate surface area is 102 Å². The van der Waals surface area contributed by atoms with Gasteiger partial charge in [-0.3, -0.25) is 0 Å². The van der Waals surface area contributed by atoms with Crippen LogP contribution < -0.4 is 0 Å². The number of benzene rings is 2. The molecule has 2 N–H and O–H groups in total. The first-order valence-corrected chi connectivity index (χ1v) is 5.02. The van der Waals surface area contributed by atoms with Crippen LogP contribution >= 0.6 is 23.2 Å². The number of carbonyl (C=O) groups is 1. The molecule has 0 heterocycles. The summed E-state index contributed by atoms with van der Waals surface area (Å²) in [5, 5.41) is 17.3. The molecule has 0 aliphatic rings. The molecule has 0 aliphatic carbocycles. The highest BCUT2D eigenvalue weighted by atomic mass is 35.5. The summed E-state index contributed by atoms with van der Waals surface area (Å²) in [6.45, 7) is 0. The number of halogens is 2. The normalized spacial score (nSPS) is 9.38. The molecule has 0 atom stereocenters. The first-order valence-electron chi connectivity index (χ1n) is 4.27. The van der Waals surface area contributed by atoms with Gasteiger partial charge >= 0.3 is 6.16 Å². The molecule has 16 heavy (non-hydrogen) atoms. The molecule has 2 aromatic rings. The molecule has 0 aromatic heterocycles. The minimum Gasteiger partial charge on any atom is -0.450 e. The van der Waals surface area contributed by atoms with E-state index in [4.69, 9.17) is 38.2 Å². The summed E-state index contributed by atoms with van der Waals surface area (Å²) in [6, 6.07) is 11.7. The van der Waals surface area contributed by atoms with Crippen LogP contribution in [0.4, 0.5) is 4.79 Å². The minimum atomic E-state index is -1.83. The highest BCUT2D eigenvalue weighted by Crippen LogP contribution is 2.30. The van der Waals surface area contributed by atoms with Crippen LogP contribution in [-0.2, 0) is 0 Å². The molecule has 84 valence electrons. The van der Waals surface area contributed by atoms with E-state index in [2.05, 4.69) is 0 Å². The van der Waals surface area contributed by atoms with Gasteiger partial charge < -0.3 is 10.2 Å². The van der Waals surface area contributed by atoms with Crippen molar-refractivity contribution >= 4 is 40.1 Å². The van der Waals surface area contributed by atoms with E-state index in [-0.39, 0.29) is 0 Å². The van der Waals surface area contributed by atoms with Crippen LogP contribution in [-0.4, -0.2) is 16.4 Å². The zero-order chi connectivity index (χ0) is 12.1. The van der Waals surface area contributed by atoms with Gasteiger partial charge in [-0.15, -0.1) is 0 Å². The van der Waals surface area contributed by atoms with Gasteiger partial charge in [-0.2, -0.15) is 0 Å². The van der Waals surface area contributed by atoms with Gasteiger partial charge in [-0.1, -0.05) is 53.5 Å². The predicted molar refractivity (Wildman–Crippen MR) is 64.6 cm³/mol. The fourth-order valence-corrected chi connectivity index (χ4v) is 1.61. The van der Waals surface area contributed by atoms with Gasteiger partial charge in [0.2, 0.25) is 0 Å². The summed E-state index contributed by atoms with van der Waals surface area (Å²) in [5.74, 6) is 0. The zero-order valence-electron chi connectivity index (χ0n) is 8.02. The van der Waals surface area contributed by atoms with Crippen molar-refractivity contribution in [2.24, 2.45) is 0 Å². The molecule has 2 rings (SSSR count). The maximum absolute atomic E-state index is 8.56. The average molecular weight is 259 g/mol. The Morgan fingerprint density at radius 3 is 2.19 bits per heavy atom. The Morgan fingerprint density at radius 2 is 1.56 bits per heavy atom. The second kappa shape index (κ2) is 5.58. The quantitative estimate of drug-likeness (QED) is 0.738. The Morgan fingerprint density at radius 1 is 1.00 bits per heavy atom. The molecule has 0 amide bonds. The van der Waals surface area contributed by atoms with E-state index in [1.165, 1.54) is 0 Å². The van der Waals surface area contributed by atoms with Gasteiger partial charge in [-0.25, -0.2) is 4.79 Å². The van der Waals surface area contributed by atoms with Crippen molar-refractivity contribution < 1.29 is 15.0 Å². The SMILES string of the molecule is Clc1ccc2ccccc2c1Cl.O=C(O)O. The van der Waals surface area contributed by atoms with Gasteiger partial charge in [0.15, 0.2) is 0 Å². The molecule has 3 nitrogen and oxygen atoms in total. The maximum atomic E-state index is 8.56. The molecule has 2 aromatic carbocycles. The molecule has 0 spiro atoms. The smallest absolute Gasteiger partial charge is 0.450 e. The standard InChI is InChI=1S/C10H6Cl2.CH2O3/c11-9-6-5-7-3-1-2-4-8(7)10(9)12;2-1(3)4/h1-6H;(H2,2,3,4). The van der Waals surface area contributed by atoms with E-state index in [1.807, 2.05) is 36.4 Å². The number of hydrogen-bond acceptors (Lipinski definition) is 1. The lowest BCUT2D eigenvalue weighted by atomic mass is 10.1.